The van der Waals surface area contributed by atoms with E-state index in [2.05, 4.69) is 24.1 Å². The van der Waals surface area contributed by atoms with E-state index in [0.29, 0.717) is 18.3 Å². The molecule has 4 heteroatoms. The van der Waals surface area contributed by atoms with E-state index < -0.39 is 0 Å². The highest BCUT2D eigenvalue weighted by Gasteiger charge is 2.24. The Morgan fingerprint density at radius 2 is 2.42 bits per heavy atom. The molecule has 0 atom stereocenters. The van der Waals surface area contributed by atoms with Crippen LogP contribution in [0, 0.1) is 0 Å². The molecule has 0 radical (unpaired) electrons. The molecular formula is C8H11N3O. The molecule has 0 fully saturated rings. The number of hydrogen-bond acceptors (Lipinski definition) is 2. The number of imidazole rings is 1. The maximum Gasteiger partial charge on any atom is 0.272 e. The predicted molar refractivity (Wildman–Crippen MR) is 43.8 cm³/mol. The number of carbonyl (C=O) groups excluding carboxylic acids is 1. The fourth-order valence-electron chi connectivity index (χ4n) is 1.44. The molecule has 0 spiro atoms. The summed E-state index contributed by atoms with van der Waals surface area (Å²) in [4.78, 5) is 15.2. The molecule has 2 heterocycles. The zero-order chi connectivity index (χ0) is 8.72. The van der Waals surface area contributed by atoms with Gasteiger partial charge in [-0.15, -0.1) is 0 Å². The molecule has 1 N–H and O–H groups in total. The highest BCUT2D eigenvalue weighted by atomic mass is 16.2. The topological polar surface area (TPSA) is 46.9 Å². The van der Waals surface area contributed by atoms with Gasteiger partial charge in [0.2, 0.25) is 0 Å². The molecule has 0 saturated carbocycles. The lowest BCUT2D eigenvalue weighted by Gasteiger charge is -2.08. The number of nitrogens with zero attached hydrogens (tertiary/aromatic N) is 2. The summed E-state index contributed by atoms with van der Waals surface area (Å²) in [6.45, 7) is 4.77. The first-order valence-electron chi connectivity index (χ1n) is 4.04. The maximum atomic E-state index is 11.1. The second kappa shape index (κ2) is 2.33. The molecule has 64 valence electrons. The van der Waals surface area contributed by atoms with Gasteiger partial charge >= 0.3 is 0 Å². The first kappa shape index (κ1) is 7.34. The number of carbonyl (C=O) groups is 1. The van der Waals surface area contributed by atoms with Gasteiger partial charge in [0.05, 0.1) is 18.6 Å². The van der Waals surface area contributed by atoms with Crippen LogP contribution in [0.5, 0.6) is 0 Å². The van der Waals surface area contributed by atoms with Crippen LogP contribution in [0.2, 0.25) is 0 Å². The Hall–Kier alpha value is -1.32. The molecule has 1 aromatic heterocycles. The minimum atomic E-state index is -0.0515. The third-order valence-electron chi connectivity index (χ3n) is 2.08. The highest BCUT2D eigenvalue weighted by molar-refractivity contribution is 5.95. The van der Waals surface area contributed by atoms with Crippen LogP contribution >= 0.6 is 0 Å². The molecular weight excluding hydrogens is 154 g/mol. The van der Waals surface area contributed by atoms with Crippen LogP contribution in [0.25, 0.3) is 0 Å². The van der Waals surface area contributed by atoms with Crippen LogP contribution in [0.15, 0.2) is 6.33 Å². The Kier molecular flexibility index (Phi) is 1.43. The van der Waals surface area contributed by atoms with Crippen LogP contribution in [0.4, 0.5) is 0 Å². The van der Waals surface area contributed by atoms with Gasteiger partial charge in [0.15, 0.2) is 5.69 Å². The van der Waals surface area contributed by atoms with E-state index in [1.165, 1.54) is 0 Å². The molecule has 1 aliphatic heterocycles. The summed E-state index contributed by atoms with van der Waals surface area (Å²) in [5, 5.41) is 2.74. The van der Waals surface area contributed by atoms with Gasteiger partial charge in [0.25, 0.3) is 5.91 Å². The molecule has 1 aromatic rings. The normalized spacial score (nSPS) is 15.1. The fourth-order valence-corrected chi connectivity index (χ4v) is 1.44. The van der Waals surface area contributed by atoms with Crippen molar-refractivity contribution in [3.8, 4) is 0 Å². The lowest BCUT2D eigenvalue weighted by atomic mass is 10.3. The quantitative estimate of drug-likeness (QED) is 0.666. The number of nitrogens with one attached hydrogen (secondary N) is 1. The summed E-state index contributed by atoms with van der Waals surface area (Å²) >= 11 is 0. The van der Waals surface area contributed by atoms with E-state index >= 15 is 0 Å². The van der Waals surface area contributed by atoms with Gasteiger partial charge < -0.3 is 9.88 Å². The number of aromatic nitrogens is 2. The van der Waals surface area contributed by atoms with Crippen molar-refractivity contribution in [3.05, 3.63) is 17.7 Å². The third kappa shape index (κ3) is 0.841. The summed E-state index contributed by atoms with van der Waals surface area (Å²) in [5.74, 6) is -0.0515. The summed E-state index contributed by atoms with van der Waals surface area (Å²) in [6.07, 6.45) is 1.73. The number of fused-ring (bicyclic) bond motifs is 1. The van der Waals surface area contributed by atoms with Gasteiger partial charge in [-0.05, 0) is 13.8 Å². The van der Waals surface area contributed by atoms with Crippen molar-refractivity contribution in [3.63, 3.8) is 0 Å². The van der Waals surface area contributed by atoms with E-state index in [-0.39, 0.29) is 5.91 Å². The summed E-state index contributed by atoms with van der Waals surface area (Å²) in [5.41, 5.74) is 1.60. The summed E-state index contributed by atoms with van der Waals surface area (Å²) in [7, 11) is 0. The van der Waals surface area contributed by atoms with Crippen LogP contribution in [-0.2, 0) is 6.54 Å². The van der Waals surface area contributed by atoms with Crippen LogP contribution in [-0.4, -0.2) is 15.5 Å². The van der Waals surface area contributed by atoms with E-state index in [1.807, 2.05) is 4.57 Å². The Balaban J connectivity index is 2.49. The Bertz CT molecular complexity index is 327. The Morgan fingerprint density at radius 1 is 1.67 bits per heavy atom. The largest absolute Gasteiger partial charge is 0.345 e. The van der Waals surface area contributed by atoms with Crippen molar-refractivity contribution in [1.82, 2.24) is 14.9 Å². The average Bonchev–Trinajstić information content (AvgIpc) is 2.53. The zero-order valence-corrected chi connectivity index (χ0v) is 7.16. The number of rotatable bonds is 1. The Labute approximate surface area is 70.6 Å². The van der Waals surface area contributed by atoms with Crippen molar-refractivity contribution in [2.45, 2.75) is 26.4 Å². The van der Waals surface area contributed by atoms with Crippen molar-refractivity contribution in [1.29, 1.82) is 0 Å². The van der Waals surface area contributed by atoms with Gasteiger partial charge in [-0.2, -0.15) is 0 Å². The number of amides is 1. The van der Waals surface area contributed by atoms with E-state index in [9.17, 15) is 4.79 Å². The molecule has 0 unspecified atom stereocenters. The molecule has 0 bridgehead atoms. The Morgan fingerprint density at radius 3 is 3.08 bits per heavy atom. The second-order valence-electron chi connectivity index (χ2n) is 3.22. The van der Waals surface area contributed by atoms with Crippen molar-refractivity contribution < 1.29 is 4.79 Å². The average molecular weight is 165 g/mol. The third-order valence-corrected chi connectivity index (χ3v) is 2.08. The van der Waals surface area contributed by atoms with Crippen LogP contribution in [0.1, 0.15) is 36.1 Å². The van der Waals surface area contributed by atoms with Crippen LogP contribution < -0.4 is 5.32 Å². The van der Waals surface area contributed by atoms with E-state index in [0.717, 1.165) is 5.69 Å². The SMILES string of the molecule is CC(C)n1cnc2c1CNC2=O. The molecule has 0 saturated heterocycles. The van der Waals surface area contributed by atoms with Crippen molar-refractivity contribution in [2.24, 2.45) is 0 Å². The van der Waals surface area contributed by atoms with E-state index in [4.69, 9.17) is 0 Å². The lowest BCUT2D eigenvalue weighted by molar-refractivity contribution is 0.0961. The highest BCUT2D eigenvalue weighted by Crippen LogP contribution is 2.17. The first-order valence-corrected chi connectivity index (χ1v) is 4.04. The zero-order valence-electron chi connectivity index (χ0n) is 7.16. The van der Waals surface area contributed by atoms with E-state index in [1.54, 1.807) is 6.33 Å². The lowest BCUT2D eigenvalue weighted by Crippen LogP contribution is -2.14. The molecule has 4 nitrogen and oxygen atoms in total. The number of hydrogen-bond donors (Lipinski definition) is 1. The minimum Gasteiger partial charge on any atom is -0.345 e. The van der Waals surface area contributed by atoms with Crippen molar-refractivity contribution >= 4 is 5.91 Å². The second-order valence-corrected chi connectivity index (χ2v) is 3.22. The summed E-state index contributed by atoms with van der Waals surface area (Å²) < 4.78 is 2.02. The molecule has 1 aliphatic rings. The molecule has 12 heavy (non-hydrogen) atoms. The smallest absolute Gasteiger partial charge is 0.272 e. The molecule has 1 amide bonds. The summed E-state index contributed by atoms with van der Waals surface area (Å²) in [6, 6.07) is 0.369. The van der Waals surface area contributed by atoms with Crippen LogP contribution in [0.3, 0.4) is 0 Å². The van der Waals surface area contributed by atoms with Gasteiger partial charge in [-0.25, -0.2) is 4.98 Å². The van der Waals surface area contributed by atoms with Gasteiger partial charge in [-0.1, -0.05) is 0 Å². The first-order chi connectivity index (χ1) is 5.70. The molecule has 2 rings (SSSR count). The fraction of sp³-hybridized carbons (Fsp3) is 0.500. The van der Waals surface area contributed by atoms with Crippen molar-refractivity contribution in [2.75, 3.05) is 0 Å². The monoisotopic (exact) mass is 165 g/mol. The maximum absolute atomic E-state index is 11.1. The van der Waals surface area contributed by atoms with Gasteiger partial charge in [0.1, 0.15) is 0 Å². The minimum absolute atomic E-state index is 0.0515. The molecule has 0 aliphatic carbocycles. The predicted octanol–water partition coefficient (Wildman–Crippen LogP) is 0.707. The van der Waals surface area contributed by atoms with Gasteiger partial charge in [-0.3, -0.25) is 4.79 Å². The van der Waals surface area contributed by atoms with Gasteiger partial charge in [0, 0.05) is 6.04 Å². The standard InChI is InChI=1S/C8H11N3O/c1-5(2)11-4-10-7-6(11)3-9-8(7)12/h4-5H,3H2,1-2H3,(H,9,12). The molecule has 0 aromatic carbocycles.